The van der Waals surface area contributed by atoms with Gasteiger partial charge in [0.1, 0.15) is 11.8 Å². The molecular weight excluding hydrogens is 434 g/mol. The number of nitrogens with one attached hydrogen (secondary N) is 2. The number of rotatable bonds is 8. The number of benzene rings is 2. The van der Waals surface area contributed by atoms with Crippen LogP contribution in [0.25, 0.3) is 10.9 Å². The average Bonchev–Trinajstić information content (AvgIpc) is 3.49. The summed E-state index contributed by atoms with van der Waals surface area (Å²) >= 11 is 1.35. The summed E-state index contributed by atoms with van der Waals surface area (Å²) in [6.07, 6.45) is 2.29. The van der Waals surface area contributed by atoms with Crippen molar-refractivity contribution in [2.75, 3.05) is 14.2 Å². The zero-order valence-corrected chi connectivity index (χ0v) is 19.7. The van der Waals surface area contributed by atoms with Crippen LogP contribution in [0, 0.1) is 6.92 Å². The molecule has 0 aliphatic rings. The summed E-state index contributed by atoms with van der Waals surface area (Å²) in [4.78, 5) is 31.9. The molecule has 4 rings (SSSR count). The molecule has 6 nitrogen and oxygen atoms in total. The van der Waals surface area contributed by atoms with E-state index in [-0.39, 0.29) is 11.8 Å². The van der Waals surface area contributed by atoms with E-state index in [0.29, 0.717) is 17.8 Å². The van der Waals surface area contributed by atoms with Crippen molar-refractivity contribution in [3.05, 3.63) is 87.7 Å². The maximum Gasteiger partial charge on any atom is 0.262 e. The van der Waals surface area contributed by atoms with Crippen LogP contribution in [0.2, 0.25) is 0 Å². The molecule has 0 radical (unpaired) electrons. The van der Waals surface area contributed by atoms with E-state index >= 15 is 0 Å². The molecule has 0 fully saturated rings. The van der Waals surface area contributed by atoms with Crippen molar-refractivity contribution in [1.82, 2.24) is 15.2 Å². The van der Waals surface area contributed by atoms with Crippen LogP contribution in [0.4, 0.5) is 0 Å². The van der Waals surface area contributed by atoms with Gasteiger partial charge < -0.3 is 19.9 Å². The molecule has 170 valence electrons. The number of carbonyl (C=O) groups excluding carboxylic acids is 2. The fourth-order valence-corrected chi connectivity index (χ4v) is 4.61. The van der Waals surface area contributed by atoms with Gasteiger partial charge in [-0.1, -0.05) is 42.0 Å². The third-order valence-corrected chi connectivity index (χ3v) is 6.54. The van der Waals surface area contributed by atoms with E-state index in [2.05, 4.69) is 10.3 Å². The molecule has 4 aromatic rings. The molecule has 0 aliphatic heterocycles. The van der Waals surface area contributed by atoms with Crippen LogP contribution in [0.1, 0.15) is 26.4 Å². The Bertz CT molecular complexity index is 1260. The van der Waals surface area contributed by atoms with Gasteiger partial charge in [0.05, 0.1) is 12.0 Å². The normalized spacial score (nSPS) is 11.8. The first kappa shape index (κ1) is 22.6. The molecule has 0 bridgehead atoms. The van der Waals surface area contributed by atoms with E-state index < -0.39 is 6.04 Å². The van der Waals surface area contributed by atoms with Gasteiger partial charge in [-0.15, -0.1) is 11.3 Å². The number of thiophene rings is 1. The molecule has 2 aromatic carbocycles. The van der Waals surface area contributed by atoms with Crippen LogP contribution >= 0.6 is 11.3 Å². The van der Waals surface area contributed by atoms with Crippen LogP contribution in [-0.2, 0) is 17.8 Å². The molecule has 1 atom stereocenters. The van der Waals surface area contributed by atoms with Gasteiger partial charge in [0.2, 0.25) is 5.91 Å². The lowest BCUT2D eigenvalue weighted by molar-refractivity contribution is -0.132. The van der Waals surface area contributed by atoms with Crippen molar-refractivity contribution >= 4 is 34.1 Å². The minimum Gasteiger partial charge on any atom is -0.496 e. The molecule has 0 aliphatic carbocycles. The maximum atomic E-state index is 13.6. The van der Waals surface area contributed by atoms with Gasteiger partial charge in [0.15, 0.2) is 0 Å². The van der Waals surface area contributed by atoms with Crippen LogP contribution in [0.5, 0.6) is 5.75 Å². The van der Waals surface area contributed by atoms with Crippen molar-refractivity contribution in [2.45, 2.75) is 25.9 Å². The van der Waals surface area contributed by atoms with Gasteiger partial charge in [-0.3, -0.25) is 9.59 Å². The van der Waals surface area contributed by atoms with Gasteiger partial charge >= 0.3 is 0 Å². The van der Waals surface area contributed by atoms with Crippen molar-refractivity contribution in [3.8, 4) is 5.75 Å². The molecule has 7 heteroatoms. The molecule has 2 amide bonds. The quantitative estimate of drug-likeness (QED) is 0.404. The Morgan fingerprint density at radius 3 is 2.70 bits per heavy atom. The second kappa shape index (κ2) is 9.92. The predicted molar refractivity (Wildman–Crippen MR) is 132 cm³/mol. The summed E-state index contributed by atoms with van der Waals surface area (Å²) < 4.78 is 5.48. The highest BCUT2D eigenvalue weighted by Crippen LogP contribution is 2.23. The second-order valence-corrected chi connectivity index (χ2v) is 9.02. The van der Waals surface area contributed by atoms with Crippen molar-refractivity contribution in [3.63, 3.8) is 0 Å². The molecule has 33 heavy (non-hydrogen) atoms. The number of carbonyl (C=O) groups is 2. The zero-order valence-electron chi connectivity index (χ0n) is 18.9. The minimum atomic E-state index is -0.709. The number of ether oxygens (including phenoxy) is 1. The largest absolute Gasteiger partial charge is 0.496 e. The van der Waals surface area contributed by atoms with Crippen molar-refractivity contribution in [2.24, 2.45) is 0 Å². The van der Waals surface area contributed by atoms with Gasteiger partial charge in [-0.2, -0.15) is 0 Å². The first-order valence-electron chi connectivity index (χ1n) is 10.7. The fraction of sp³-hybridized carbons (Fsp3) is 0.231. The number of H-pyrrole nitrogens is 1. The van der Waals surface area contributed by atoms with E-state index in [0.717, 1.165) is 33.3 Å². The van der Waals surface area contributed by atoms with E-state index in [4.69, 9.17) is 4.74 Å². The Morgan fingerprint density at radius 1 is 1.12 bits per heavy atom. The summed E-state index contributed by atoms with van der Waals surface area (Å²) in [7, 11) is 3.38. The Labute approximate surface area is 197 Å². The molecule has 2 aromatic heterocycles. The molecule has 0 saturated carbocycles. The number of hydrogen-bond acceptors (Lipinski definition) is 4. The minimum absolute atomic E-state index is 0.159. The third kappa shape index (κ3) is 5.09. The SMILES string of the molecule is COc1ccc(C)cc1CN(C)C(=O)[C@H](Cc1c[nH]c2ccccc12)NC(=O)c1cccs1. The number of aromatic amines is 1. The van der Waals surface area contributed by atoms with Crippen LogP contribution < -0.4 is 10.1 Å². The van der Waals surface area contributed by atoms with Gasteiger partial charge in [0, 0.05) is 42.7 Å². The monoisotopic (exact) mass is 461 g/mol. The zero-order chi connectivity index (χ0) is 23.4. The van der Waals surface area contributed by atoms with Crippen LogP contribution in [0.3, 0.4) is 0 Å². The molecule has 2 heterocycles. The smallest absolute Gasteiger partial charge is 0.262 e. The van der Waals surface area contributed by atoms with E-state index in [9.17, 15) is 9.59 Å². The number of likely N-dealkylation sites (N-methyl/N-ethyl adjacent to an activating group) is 1. The second-order valence-electron chi connectivity index (χ2n) is 8.08. The average molecular weight is 462 g/mol. The number of methoxy groups -OCH3 is 1. The lowest BCUT2D eigenvalue weighted by Crippen LogP contribution is -2.48. The molecule has 0 unspecified atom stereocenters. The summed E-state index contributed by atoms with van der Waals surface area (Å²) in [6.45, 7) is 2.38. The molecule has 2 N–H and O–H groups in total. The van der Waals surface area contributed by atoms with Crippen LogP contribution in [-0.4, -0.2) is 41.9 Å². The lowest BCUT2D eigenvalue weighted by Gasteiger charge is -2.25. The Balaban J connectivity index is 1.59. The van der Waals surface area contributed by atoms with Gasteiger partial charge in [-0.25, -0.2) is 0 Å². The van der Waals surface area contributed by atoms with E-state index in [1.54, 1.807) is 25.1 Å². The Kier molecular flexibility index (Phi) is 6.79. The van der Waals surface area contributed by atoms with E-state index in [1.165, 1.54) is 11.3 Å². The Morgan fingerprint density at radius 2 is 1.94 bits per heavy atom. The number of fused-ring (bicyclic) bond motifs is 1. The standard InChI is InChI=1S/C26H27N3O3S/c1-17-10-11-23(32-3)19(13-17)16-29(2)26(31)22(28-25(30)24-9-6-12-33-24)14-18-15-27-21-8-5-4-7-20(18)21/h4-13,15,22,27H,14,16H2,1-3H3,(H,28,30)/t22-/m0/s1. The van der Waals surface area contributed by atoms with Crippen molar-refractivity contribution in [1.29, 1.82) is 0 Å². The summed E-state index contributed by atoms with van der Waals surface area (Å²) in [5.74, 6) is 0.328. The Hall–Kier alpha value is -3.58. The number of aromatic nitrogens is 1. The van der Waals surface area contributed by atoms with Gasteiger partial charge in [0.25, 0.3) is 5.91 Å². The highest BCUT2D eigenvalue weighted by molar-refractivity contribution is 7.12. The molecule has 0 spiro atoms. The predicted octanol–water partition coefficient (Wildman–Crippen LogP) is 4.55. The number of para-hydroxylation sites is 1. The van der Waals surface area contributed by atoms with Crippen molar-refractivity contribution < 1.29 is 14.3 Å². The summed E-state index contributed by atoms with van der Waals surface area (Å²) in [5.41, 5.74) is 4.00. The first-order chi connectivity index (χ1) is 16.0. The van der Waals surface area contributed by atoms with E-state index in [1.807, 2.05) is 67.0 Å². The molecular formula is C26H27N3O3S. The fourth-order valence-electron chi connectivity index (χ4n) is 3.99. The molecule has 0 saturated heterocycles. The topological polar surface area (TPSA) is 74.4 Å². The number of nitrogens with zero attached hydrogens (tertiary/aromatic N) is 1. The first-order valence-corrected chi connectivity index (χ1v) is 11.6. The van der Waals surface area contributed by atoms with Crippen LogP contribution in [0.15, 0.2) is 66.2 Å². The lowest BCUT2D eigenvalue weighted by atomic mass is 10.0. The highest BCUT2D eigenvalue weighted by Gasteiger charge is 2.27. The number of hydrogen-bond donors (Lipinski definition) is 2. The summed E-state index contributed by atoms with van der Waals surface area (Å²) in [5, 5.41) is 5.86. The van der Waals surface area contributed by atoms with Gasteiger partial charge in [-0.05, 0) is 36.1 Å². The number of aryl methyl sites for hydroxylation is 1. The number of amides is 2. The third-order valence-electron chi connectivity index (χ3n) is 5.67. The maximum absolute atomic E-state index is 13.6. The summed E-state index contributed by atoms with van der Waals surface area (Å²) in [6, 6.07) is 16.7. The highest BCUT2D eigenvalue weighted by atomic mass is 32.1.